The van der Waals surface area contributed by atoms with Crippen LogP contribution in [0.4, 0.5) is 13.2 Å². The lowest BCUT2D eigenvalue weighted by Crippen LogP contribution is -2.59. The molecule has 37 heavy (non-hydrogen) atoms. The summed E-state index contributed by atoms with van der Waals surface area (Å²) in [6.45, 7) is 1.90. The zero-order chi connectivity index (χ0) is 26.3. The van der Waals surface area contributed by atoms with Crippen LogP contribution >= 0.6 is 0 Å². The smallest absolute Gasteiger partial charge is 0.250 e. The largest absolute Gasteiger partial charge is 0.495 e. The number of benzene rings is 2. The van der Waals surface area contributed by atoms with Crippen molar-refractivity contribution < 1.29 is 27.8 Å². The van der Waals surface area contributed by atoms with Crippen LogP contribution in [-0.4, -0.2) is 50.8 Å². The molecule has 0 saturated carbocycles. The predicted molar refractivity (Wildman–Crippen MR) is 132 cm³/mol. The molecule has 3 unspecified atom stereocenters. The Morgan fingerprint density at radius 1 is 1.14 bits per heavy atom. The predicted octanol–water partition coefficient (Wildman–Crippen LogP) is 4.75. The van der Waals surface area contributed by atoms with E-state index in [-0.39, 0.29) is 23.9 Å². The molecule has 2 aliphatic rings. The van der Waals surface area contributed by atoms with Gasteiger partial charge in [-0.2, -0.15) is 0 Å². The first kappa shape index (κ1) is 25.1. The maximum Gasteiger partial charge on any atom is 0.250 e. The van der Waals surface area contributed by atoms with E-state index in [0.29, 0.717) is 30.6 Å². The summed E-state index contributed by atoms with van der Waals surface area (Å²) >= 11 is 0. The molecule has 3 aromatic rings. The minimum Gasteiger partial charge on any atom is -0.495 e. The second-order valence-corrected chi connectivity index (χ2v) is 9.72. The minimum absolute atomic E-state index is 0.0254. The zero-order valence-corrected chi connectivity index (χ0v) is 20.6. The molecule has 3 atom stereocenters. The molecule has 1 N–H and O–H groups in total. The third kappa shape index (κ3) is 4.87. The van der Waals surface area contributed by atoms with Gasteiger partial charge in [-0.3, -0.25) is 4.79 Å². The molecule has 2 aliphatic heterocycles. The van der Waals surface area contributed by atoms with E-state index < -0.39 is 29.6 Å². The fourth-order valence-corrected chi connectivity index (χ4v) is 5.43. The number of imidazole rings is 1. The average Bonchev–Trinajstić information content (AvgIpc) is 3.31. The molecular formula is C28H28F3N3O3. The van der Waals surface area contributed by atoms with Crippen LogP contribution < -0.4 is 4.74 Å². The van der Waals surface area contributed by atoms with Crippen LogP contribution in [0.3, 0.4) is 0 Å². The fraction of sp³-hybridized carbons (Fsp3) is 0.357. The van der Waals surface area contributed by atoms with Crippen LogP contribution in [0.2, 0.25) is 0 Å². The molecule has 9 heteroatoms. The van der Waals surface area contributed by atoms with Gasteiger partial charge in [0.15, 0.2) is 17.5 Å². The molecular weight excluding hydrogens is 483 g/mol. The molecule has 1 aromatic heterocycles. The number of aliphatic hydroxyl groups excluding tert-OH is 1. The summed E-state index contributed by atoms with van der Waals surface area (Å²) in [5.41, 5.74) is 3.26. The van der Waals surface area contributed by atoms with Crippen molar-refractivity contribution in [3.63, 3.8) is 0 Å². The summed E-state index contributed by atoms with van der Waals surface area (Å²) in [4.78, 5) is 19.5. The third-order valence-electron chi connectivity index (χ3n) is 7.27. The summed E-state index contributed by atoms with van der Waals surface area (Å²) in [5.74, 6) is -3.69. The van der Waals surface area contributed by atoms with E-state index in [1.54, 1.807) is 18.3 Å². The lowest BCUT2D eigenvalue weighted by molar-refractivity contribution is -0.141. The van der Waals surface area contributed by atoms with Gasteiger partial charge in [0.25, 0.3) is 0 Å². The standard InChI is InChI=1S/C28H28F3N3O3/c1-16-14-33(15-32-16)23-7-3-17(13-26(23)37-2)9-19-4-5-20-6-8-25(35)24(34(20)28(19)36)12-18-10-21(29)27(31)22(30)11-18/h3,7,9-11,13-15,20,24-25,35H,4-6,8,12H2,1-2H3/b19-9+. The Morgan fingerprint density at radius 3 is 2.57 bits per heavy atom. The van der Waals surface area contributed by atoms with Crippen LogP contribution in [-0.2, 0) is 11.2 Å². The molecule has 2 aromatic carbocycles. The zero-order valence-electron chi connectivity index (χ0n) is 20.6. The number of halogens is 3. The highest BCUT2D eigenvalue weighted by Crippen LogP contribution is 2.36. The Morgan fingerprint density at radius 2 is 1.89 bits per heavy atom. The Kier molecular flexibility index (Phi) is 6.81. The molecule has 0 radical (unpaired) electrons. The first-order chi connectivity index (χ1) is 17.7. The SMILES string of the molecule is COc1cc(/C=C2\CCC3CCC(O)C(Cc4cc(F)c(F)c(F)c4)N3C2=O)ccc1-n1cnc(C)c1. The summed E-state index contributed by atoms with van der Waals surface area (Å²) in [6, 6.07) is 6.75. The quantitative estimate of drug-likeness (QED) is 0.397. The monoisotopic (exact) mass is 511 g/mol. The summed E-state index contributed by atoms with van der Waals surface area (Å²) in [7, 11) is 1.58. The van der Waals surface area contributed by atoms with Crippen molar-refractivity contribution in [2.75, 3.05) is 7.11 Å². The van der Waals surface area contributed by atoms with Gasteiger partial charge >= 0.3 is 0 Å². The van der Waals surface area contributed by atoms with Crippen molar-refractivity contribution >= 4 is 12.0 Å². The maximum absolute atomic E-state index is 13.8. The number of amides is 1. The number of carbonyl (C=O) groups is 1. The topological polar surface area (TPSA) is 67.6 Å². The highest BCUT2D eigenvalue weighted by Gasteiger charge is 2.42. The van der Waals surface area contributed by atoms with Crippen LogP contribution in [0.5, 0.6) is 5.75 Å². The van der Waals surface area contributed by atoms with Crippen molar-refractivity contribution in [3.05, 3.63) is 82.7 Å². The number of rotatable bonds is 5. The number of methoxy groups -OCH3 is 1. The van der Waals surface area contributed by atoms with E-state index in [1.807, 2.05) is 42.0 Å². The van der Waals surface area contributed by atoms with E-state index in [9.17, 15) is 23.1 Å². The number of aromatic nitrogens is 2. The van der Waals surface area contributed by atoms with Crippen molar-refractivity contribution in [2.45, 2.75) is 57.2 Å². The number of fused-ring (bicyclic) bond motifs is 1. The Labute approximate surface area is 213 Å². The number of hydrogen-bond acceptors (Lipinski definition) is 4. The first-order valence-electron chi connectivity index (χ1n) is 12.3. The number of carbonyl (C=O) groups excluding carboxylic acids is 1. The third-order valence-corrected chi connectivity index (χ3v) is 7.27. The van der Waals surface area contributed by atoms with Crippen LogP contribution in [0.25, 0.3) is 11.8 Å². The van der Waals surface area contributed by atoms with Gasteiger partial charge in [0.1, 0.15) is 5.75 Å². The van der Waals surface area contributed by atoms with Crippen molar-refractivity contribution in [3.8, 4) is 11.4 Å². The molecule has 5 rings (SSSR count). The normalized spacial score (nSPS) is 22.9. The van der Waals surface area contributed by atoms with Crippen LogP contribution in [0, 0.1) is 24.4 Å². The number of aliphatic hydroxyl groups is 1. The molecule has 0 spiro atoms. The Hall–Kier alpha value is -3.59. The molecule has 2 fully saturated rings. The molecule has 6 nitrogen and oxygen atoms in total. The van der Waals surface area contributed by atoms with Gasteiger partial charge in [0.05, 0.1) is 37.0 Å². The van der Waals surface area contributed by atoms with Gasteiger partial charge in [0, 0.05) is 17.8 Å². The second kappa shape index (κ2) is 10.0. The fourth-order valence-electron chi connectivity index (χ4n) is 5.43. The van der Waals surface area contributed by atoms with Crippen molar-refractivity contribution in [1.29, 1.82) is 0 Å². The minimum atomic E-state index is -1.53. The van der Waals surface area contributed by atoms with Crippen molar-refractivity contribution in [1.82, 2.24) is 14.5 Å². The average molecular weight is 512 g/mol. The van der Waals surface area contributed by atoms with Crippen LogP contribution in [0.15, 0.2) is 48.4 Å². The summed E-state index contributed by atoms with van der Waals surface area (Å²) < 4.78 is 48.5. The van der Waals surface area contributed by atoms with Gasteiger partial charge in [-0.05, 0) is 80.5 Å². The van der Waals surface area contributed by atoms with Gasteiger partial charge in [-0.25, -0.2) is 18.2 Å². The molecule has 3 heterocycles. The first-order valence-corrected chi connectivity index (χ1v) is 12.3. The second-order valence-electron chi connectivity index (χ2n) is 9.72. The molecule has 2 saturated heterocycles. The highest BCUT2D eigenvalue weighted by molar-refractivity contribution is 5.99. The van der Waals surface area contributed by atoms with E-state index in [0.717, 1.165) is 35.5 Å². The highest BCUT2D eigenvalue weighted by atomic mass is 19.2. The van der Waals surface area contributed by atoms with Crippen LogP contribution in [0.1, 0.15) is 42.5 Å². The lowest BCUT2D eigenvalue weighted by atomic mass is 9.82. The van der Waals surface area contributed by atoms with E-state index in [1.165, 1.54) is 0 Å². The van der Waals surface area contributed by atoms with Gasteiger partial charge in [-0.15, -0.1) is 0 Å². The molecule has 1 amide bonds. The lowest BCUT2D eigenvalue weighted by Gasteiger charge is -2.48. The maximum atomic E-state index is 13.8. The summed E-state index contributed by atoms with van der Waals surface area (Å²) in [5, 5.41) is 10.8. The van der Waals surface area contributed by atoms with E-state index >= 15 is 0 Å². The number of piperidine rings is 2. The van der Waals surface area contributed by atoms with E-state index in [2.05, 4.69) is 4.98 Å². The van der Waals surface area contributed by atoms with Crippen molar-refractivity contribution in [2.24, 2.45) is 0 Å². The van der Waals surface area contributed by atoms with Gasteiger partial charge < -0.3 is 19.3 Å². The number of ether oxygens (including phenoxy) is 1. The molecule has 194 valence electrons. The van der Waals surface area contributed by atoms with Gasteiger partial charge in [0.2, 0.25) is 5.91 Å². The van der Waals surface area contributed by atoms with E-state index in [4.69, 9.17) is 4.74 Å². The molecule has 0 bridgehead atoms. The summed E-state index contributed by atoms with van der Waals surface area (Å²) in [6.07, 6.45) is 7.01. The number of hydrogen-bond donors (Lipinski definition) is 1. The van der Waals surface area contributed by atoms with Gasteiger partial charge in [-0.1, -0.05) is 6.07 Å². The molecule has 0 aliphatic carbocycles. The Bertz CT molecular complexity index is 1350. The Balaban J connectivity index is 1.43. The number of aryl methyl sites for hydroxylation is 1. The number of nitrogens with zero attached hydrogens (tertiary/aromatic N) is 3.